The number of hydrogen-bond acceptors (Lipinski definition) is 3. The van der Waals surface area contributed by atoms with E-state index >= 15 is 0 Å². The molecule has 0 spiro atoms. The molecule has 6 N–H and O–H groups in total. The summed E-state index contributed by atoms with van der Waals surface area (Å²) in [5.41, 5.74) is 5.19. The molecule has 0 rings (SSSR count). The summed E-state index contributed by atoms with van der Waals surface area (Å²) in [6.07, 6.45) is 14.1. The Morgan fingerprint density at radius 3 is 2.00 bits per heavy atom. The third-order valence-electron chi connectivity index (χ3n) is 4.20. The second-order valence-electron chi connectivity index (χ2n) is 6.51. The summed E-state index contributed by atoms with van der Waals surface area (Å²) in [5.74, 6) is -0.870. The average molecular weight is 343 g/mol. The van der Waals surface area contributed by atoms with Crippen LogP contribution in [0.2, 0.25) is 0 Å². The first kappa shape index (κ1) is 22.7. The molecule has 0 saturated carbocycles. The summed E-state index contributed by atoms with van der Waals surface area (Å²) in [4.78, 5) is 11.2. The fraction of sp³-hybridized carbons (Fsp3) is 0.889. The molecule has 0 aromatic carbocycles. The highest BCUT2D eigenvalue weighted by molar-refractivity contribution is 5.74. The van der Waals surface area contributed by atoms with E-state index in [2.05, 4.69) is 17.6 Å². The number of carboxylic acid groups (broad SMARTS) is 1. The number of nitrogens with two attached hydrogens (primary N) is 1. The number of rotatable bonds is 17. The molecule has 1 atom stereocenters. The standard InChI is InChI=1S/C18H38N4O2/c1-2-3-4-5-6-7-8-9-10-11-14-21-16(17(23)24)13-12-15-22-18(19)20/h16,21H,2-15H2,1H3,(H,23,24)(H4,19,20,22). The Morgan fingerprint density at radius 2 is 1.50 bits per heavy atom. The molecule has 142 valence electrons. The summed E-state index contributed by atoms with van der Waals surface area (Å²) in [7, 11) is 0. The van der Waals surface area contributed by atoms with E-state index in [1.165, 1.54) is 57.8 Å². The Hall–Kier alpha value is -1.30. The maximum atomic E-state index is 11.2. The van der Waals surface area contributed by atoms with E-state index in [1.807, 2.05) is 0 Å². The van der Waals surface area contributed by atoms with Crippen molar-refractivity contribution in [3.8, 4) is 0 Å². The van der Waals surface area contributed by atoms with Gasteiger partial charge in [0.25, 0.3) is 0 Å². The Morgan fingerprint density at radius 1 is 0.958 bits per heavy atom. The van der Waals surface area contributed by atoms with Crippen molar-refractivity contribution < 1.29 is 9.90 Å². The van der Waals surface area contributed by atoms with Crippen LogP contribution >= 0.6 is 0 Å². The molecule has 0 radical (unpaired) electrons. The zero-order chi connectivity index (χ0) is 18.0. The second-order valence-corrected chi connectivity index (χ2v) is 6.51. The van der Waals surface area contributed by atoms with Crippen molar-refractivity contribution >= 4 is 11.9 Å². The molecule has 0 aliphatic rings. The van der Waals surface area contributed by atoms with Crippen molar-refractivity contribution in [2.24, 2.45) is 5.73 Å². The van der Waals surface area contributed by atoms with Gasteiger partial charge in [0.15, 0.2) is 5.96 Å². The van der Waals surface area contributed by atoms with Gasteiger partial charge in [0.2, 0.25) is 0 Å². The predicted molar refractivity (Wildman–Crippen MR) is 100 cm³/mol. The molecular weight excluding hydrogens is 304 g/mol. The van der Waals surface area contributed by atoms with Crippen LogP contribution in [0.5, 0.6) is 0 Å². The summed E-state index contributed by atoms with van der Waals surface area (Å²) >= 11 is 0. The second kappa shape index (κ2) is 16.6. The smallest absolute Gasteiger partial charge is 0.320 e. The maximum Gasteiger partial charge on any atom is 0.320 e. The normalized spacial score (nSPS) is 12.0. The van der Waals surface area contributed by atoms with Crippen LogP contribution in [-0.4, -0.2) is 36.2 Å². The van der Waals surface area contributed by atoms with Gasteiger partial charge in [-0.3, -0.25) is 10.2 Å². The SMILES string of the molecule is CCCCCCCCCCCCNC(CCCNC(=N)N)C(=O)O. The number of nitrogens with one attached hydrogen (secondary N) is 3. The van der Waals surface area contributed by atoms with Crippen LogP contribution in [-0.2, 0) is 4.79 Å². The summed E-state index contributed by atoms with van der Waals surface area (Å²) in [6.45, 7) is 3.54. The van der Waals surface area contributed by atoms with Gasteiger partial charge in [-0.1, -0.05) is 64.7 Å². The fourth-order valence-electron chi connectivity index (χ4n) is 2.73. The maximum absolute atomic E-state index is 11.2. The molecule has 0 bridgehead atoms. The topological polar surface area (TPSA) is 111 Å². The van der Waals surface area contributed by atoms with Crippen molar-refractivity contribution in [1.29, 1.82) is 5.41 Å². The van der Waals surface area contributed by atoms with Crippen molar-refractivity contribution in [1.82, 2.24) is 10.6 Å². The molecular formula is C18H38N4O2. The van der Waals surface area contributed by atoms with Crippen LogP contribution in [0.4, 0.5) is 0 Å². The van der Waals surface area contributed by atoms with E-state index in [0.29, 0.717) is 19.4 Å². The van der Waals surface area contributed by atoms with Crippen molar-refractivity contribution in [3.63, 3.8) is 0 Å². The van der Waals surface area contributed by atoms with Gasteiger partial charge in [-0.2, -0.15) is 0 Å². The van der Waals surface area contributed by atoms with E-state index in [1.54, 1.807) is 0 Å². The highest BCUT2D eigenvalue weighted by Crippen LogP contribution is 2.10. The van der Waals surface area contributed by atoms with Crippen LogP contribution in [0.25, 0.3) is 0 Å². The minimum atomic E-state index is -0.801. The summed E-state index contributed by atoms with van der Waals surface area (Å²) < 4.78 is 0. The fourth-order valence-corrected chi connectivity index (χ4v) is 2.73. The molecule has 0 fully saturated rings. The van der Waals surface area contributed by atoms with Gasteiger partial charge < -0.3 is 21.5 Å². The number of guanidine groups is 1. The monoisotopic (exact) mass is 342 g/mol. The molecule has 0 aliphatic carbocycles. The van der Waals surface area contributed by atoms with E-state index in [9.17, 15) is 9.90 Å². The lowest BCUT2D eigenvalue weighted by Crippen LogP contribution is -2.38. The number of carboxylic acids is 1. The Bertz CT molecular complexity index is 324. The van der Waals surface area contributed by atoms with Crippen molar-refractivity contribution in [3.05, 3.63) is 0 Å². The highest BCUT2D eigenvalue weighted by Gasteiger charge is 2.15. The number of hydrogen-bond donors (Lipinski definition) is 5. The first-order valence-electron chi connectivity index (χ1n) is 9.62. The molecule has 0 aromatic rings. The quantitative estimate of drug-likeness (QED) is 0.158. The zero-order valence-corrected chi connectivity index (χ0v) is 15.4. The van der Waals surface area contributed by atoms with E-state index in [0.717, 1.165) is 13.0 Å². The van der Waals surface area contributed by atoms with Crippen LogP contribution in [0.3, 0.4) is 0 Å². The third kappa shape index (κ3) is 15.6. The number of carbonyl (C=O) groups is 1. The molecule has 0 heterocycles. The lowest BCUT2D eigenvalue weighted by molar-refractivity contribution is -0.139. The minimum Gasteiger partial charge on any atom is -0.480 e. The lowest BCUT2D eigenvalue weighted by Gasteiger charge is -2.14. The van der Waals surface area contributed by atoms with Crippen LogP contribution < -0.4 is 16.4 Å². The van der Waals surface area contributed by atoms with E-state index in [4.69, 9.17) is 11.1 Å². The van der Waals surface area contributed by atoms with Crippen molar-refractivity contribution in [2.75, 3.05) is 13.1 Å². The van der Waals surface area contributed by atoms with Crippen LogP contribution in [0, 0.1) is 5.41 Å². The van der Waals surface area contributed by atoms with Crippen LogP contribution in [0.1, 0.15) is 84.0 Å². The molecule has 1 unspecified atom stereocenters. The molecule has 6 nitrogen and oxygen atoms in total. The molecule has 6 heteroatoms. The van der Waals surface area contributed by atoms with Gasteiger partial charge in [-0.15, -0.1) is 0 Å². The molecule has 0 saturated heterocycles. The molecule has 0 aromatic heterocycles. The van der Waals surface area contributed by atoms with E-state index in [-0.39, 0.29) is 5.96 Å². The Balaban J connectivity index is 3.47. The number of aliphatic carboxylic acids is 1. The molecule has 24 heavy (non-hydrogen) atoms. The van der Waals surface area contributed by atoms with Crippen LogP contribution in [0.15, 0.2) is 0 Å². The average Bonchev–Trinajstić information content (AvgIpc) is 2.53. The van der Waals surface area contributed by atoms with Gasteiger partial charge in [0, 0.05) is 6.54 Å². The minimum absolute atomic E-state index is 0.0693. The van der Waals surface area contributed by atoms with Gasteiger partial charge in [0.1, 0.15) is 6.04 Å². The predicted octanol–water partition coefficient (Wildman–Crippen LogP) is 3.21. The van der Waals surface area contributed by atoms with Gasteiger partial charge in [0.05, 0.1) is 0 Å². The first-order chi connectivity index (χ1) is 11.6. The molecule has 0 aliphatic heterocycles. The zero-order valence-electron chi connectivity index (χ0n) is 15.4. The Labute approximate surface area is 147 Å². The lowest BCUT2D eigenvalue weighted by atomic mass is 10.1. The van der Waals surface area contributed by atoms with E-state index < -0.39 is 12.0 Å². The van der Waals surface area contributed by atoms with Gasteiger partial charge in [-0.05, 0) is 25.8 Å². The summed E-state index contributed by atoms with van der Waals surface area (Å²) in [6, 6.07) is -0.502. The largest absolute Gasteiger partial charge is 0.480 e. The Kier molecular flexibility index (Phi) is 15.7. The molecule has 0 amide bonds. The van der Waals surface area contributed by atoms with Gasteiger partial charge in [-0.25, -0.2) is 0 Å². The van der Waals surface area contributed by atoms with Gasteiger partial charge >= 0.3 is 5.97 Å². The summed E-state index contributed by atoms with van der Waals surface area (Å²) in [5, 5.41) is 22.1. The number of unbranched alkanes of at least 4 members (excludes halogenated alkanes) is 9. The highest BCUT2D eigenvalue weighted by atomic mass is 16.4. The first-order valence-corrected chi connectivity index (χ1v) is 9.62. The third-order valence-corrected chi connectivity index (χ3v) is 4.20. The van der Waals surface area contributed by atoms with Crippen molar-refractivity contribution in [2.45, 2.75) is 90.0 Å².